The Hall–Kier alpha value is -3.31. The lowest BCUT2D eigenvalue weighted by Crippen LogP contribution is -2.28. The molecule has 1 amide bonds. The van der Waals surface area contributed by atoms with Crippen molar-refractivity contribution in [2.45, 2.75) is 12.8 Å². The summed E-state index contributed by atoms with van der Waals surface area (Å²) in [6.45, 7) is 1.92. The fourth-order valence-corrected chi connectivity index (χ4v) is 3.99. The van der Waals surface area contributed by atoms with Crippen LogP contribution in [-0.4, -0.2) is 29.7 Å². The SMILES string of the molecule is O=C(Nc1ccc2c(c1)C(N1CCCC1)=Nc1ccccc1O2)c1cccc(Cl)c1. The molecule has 30 heavy (non-hydrogen) atoms. The lowest BCUT2D eigenvalue weighted by molar-refractivity contribution is 0.102. The van der Waals surface area contributed by atoms with E-state index in [4.69, 9.17) is 21.3 Å². The average molecular weight is 418 g/mol. The fraction of sp³-hybridized carbons (Fsp3) is 0.167. The van der Waals surface area contributed by atoms with Gasteiger partial charge in [0.2, 0.25) is 0 Å². The molecule has 0 atom stereocenters. The van der Waals surface area contributed by atoms with Crippen LogP contribution < -0.4 is 10.1 Å². The zero-order chi connectivity index (χ0) is 20.5. The van der Waals surface area contributed by atoms with Gasteiger partial charge in [-0.15, -0.1) is 0 Å². The van der Waals surface area contributed by atoms with Gasteiger partial charge >= 0.3 is 0 Å². The first-order valence-corrected chi connectivity index (χ1v) is 10.4. The largest absolute Gasteiger partial charge is 0.454 e. The van der Waals surface area contributed by atoms with Crippen molar-refractivity contribution in [1.29, 1.82) is 0 Å². The van der Waals surface area contributed by atoms with Crippen LogP contribution in [0.25, 0.3) is 0 Å². The Morgan fingerprint density at radius 1 is 0.967 bits per heavy atom. The van der Waals surface area contributed by atoms with E-state index in [-0.39, 0.29) is 5.91 Å². The lowest BCUT2D eigenvalue weighted by Gasteiger charge is -2.21. The minimum atomic E-state index is -0.213. The Labute approximate surface area is 180 Å². The maximum absolute atomic E-state index is 12.7. The number of benzene rings is 3. The fourth-order valence-electron chi connectivity index (χ4n) is 3.80. The van der Waals surface area contributed by atoms with Gasteiger partial charge in [-0.25, -0.2) is 4.99 Å². The van der Waals surface area contributed by atoms with Crippen LogP contribution >= 0.6 is 11.6 Å². The van der Waals surface area contributed by atoms with Crippen molar-refractivity contribution in [3.05, 3.63) is 82.9 Å². The zero-order valence-corrected chi connectivity index (χ0v) is 17.0. The van der Waals surface area contributed by atoms with Gasteiger partial charge in [0.25, 0.3) is 5.91 Å². The highest BCUT2D eigenvalue weighted by Crippen LogP contribution is 2.39. The summed E-state index contributed by atoms with van der Waals surface area (Å²) in [7, 11) is 0. The summed E-state index contributed by atoms with van der Waals surface area (Å²) in [5, 5.41) is 3.49. The summed E-state index contributed by atoms with van der Waals surface area (Å²) >= 11 is 6.02. The number of nitrogens with one attached hydrogen (secondary N) is 1. The molecule has 0 saturated carbocycles. The lowest BCUT2D eigenvalue weighted by atomic mass is 10.1. The number of likely N-dealkylation sites (tertiary alicyclic amines) is 1. The van der Waals surface area contributed by atoms with Gasteiger partial charge in [-0.3, -0.25) is 4.79 Å². The molecule has 3 aromatic carbocycles. The first-order chi connectivity index (χ1) is 14.7. The molecular formula is C24H20ClN3O2. The van der Waals surface area contributed by atoms with Crippen molar-refractivity contribution in [3.63, 3.8) is 0 Å². The van der Waals surface area contributed by atoms with Crippen LogP contribution in [0.1, 0.15) is 28.8 Å². The van der Waals surface area contributed by atoms with Crippen molar-refractivity contribution < 1.29 is 9.53 Å². The number of halogens is 1. The topological polar surface area (TPSA) is 53.9 Å². The molecular weight excluding hydrogens is 398 g/mol. The van der Waals surface area contributed by atoms with E-state index in [1.165, 1.54) is 0 Å². The van der Waals surface area contributed by atoms with Crippen LogP contribution in [-0.2, 0) is 0 Å². The first kappa shape index (κ1) is 18.7. The number of amidine groups is 1. The molecule has 0 aliphatic carbocycles. The highest BCUT2D eigenvalue weighted by Gasteiger charge is 2.25. The van der Waals surface area contributed by atoms with E-state index in [1.807, 2.05) is 42.5 Å². The number of hydrogen-bond acceptors (Lipinski definition) is 4. The number of carbonyl (C=O) groups excluding carboxylic acids is 1. The molecule has 2 aliphatic heterocycles. The van der Waals surface area contributed by atoms with Crippen LogP contribution in [0.4, 0.5) is 11.4 Å². The molecule has 2 heterocycles. The number of nitrogens with zero attached hydrogens (tertiary/aromatic N) is 2. The molecule has 1 fully saturated rings. The molecule has 6 heteroatoms. The molecule has 0 unspecified atom stereocenters. The maximum atomic E-state index is 12.7. The molecule has 5 rings (SSSR count). The van der Waals surface area contributed by atoms with Gasteiger partial charge < -0.3 is 15.0 Å². The van der Waals surface area contributed by atoms with E-state index in [0.29, 0.717) is 16.3 Å². The summed E-state index contributed by atoms with van der Waals surface area (Å²) in [4.78, 5) is 19.9. The molecule has 0 radical (unpaired) electrons. The highest BCUT2D eigenvalue weighted by atomic mass is 35.5. The van der Waals surface area contributed by atoms with Gasteiger partial charge in [0.05, 0.1) is 5.56 Å². The van der Waals surface area contributed by atoms with E-state index < -0.39 is 0 Å². The van der Waals surface area contributed by atoms with Crippen molar-refractivity contribution >= 4 is 34.7 Å². The number of carbonyl (C=O) groups is 1. The third kappa shape index (κ3) is 3.64. The van der Waals surface area contributed by atoms with Crippen molar-refractivity contribution in [2.24, 2.45) is 4.99 Å². The van der Waals surface area contributed by atoms with Gasteiger partial charge in [-0.1, -0.05) is 29.8 Å². The minimum absolute atomic E-state index is 0.213. The predicted octanol–water partition coefficient (Wildman–Crippen LogP) is 5.87. The third-order valence-electron chi connectivity index (χ3n) is 5.28. The third-order valence-corrected chi connectivity index (χ3v) is 5.52. The Balaban J connectivity index is 1.53. The van der Waals surface area contributed by atoms with Crippen LogP contribution in [0.5, 0.6) is 11.5 Å². The Morgan fingerprint density at radius 3 is 2.63 bits per heavy atom. The second-order valence-electron chi connectivity index (χ2n) is 7.37. The standard InChI is InChI=1S/C24H20ClN3O2/c25-17-7-5-6-16(14-17)24(29)26-18-10-11-21-19(15-18)23(28-12-3-4-13-28)27-20-8-1-2-9-22(20)30-21/h1-2,5-11,14-15H,3-4,12-13H2,(H,26,29). The van der Waals surface area contributed by atoms with Gasteiger partial charge in [0.15, 0.2) is 5.75 Å². The van der Waals surface area contributed by atoms with Gasteiger partial charge in [0.1, 0.15) is 17.3 Å². The van der Waals surface area contributed by atoms with Crippen molar-refractivity contribution in [1.82, 2.24) is 4.90 Å². The molecule has 150 valence electrons. The number of rotatable bonds is 2. The van der Waals surface area contributed by atoms with Crippen LogP contribution in [0.15, 0.2) is 71.7 Å². The van der Waals surface area contributed by atoms with Crippen LogP contribution in [0, 0.1) is 0 Å². The Morgan fingerprint density at radius 2 is 1.80 bits per heavy atom. The molecule has 1 saturated heterocycles. The second-order valence-corrected chi connectivity index (χ2v) is 7.81. The zero-order valence-electron chi connectivity index (χ0n) is 16.3. The van der Waals surface area contributed by atoms with E-state index in [1.54, 1.807) is 24.3 Å². The molecule has 0 spiro atoms. The predicted molar refractivity (Wildman–Crippen MR) is 119 cm³/mol. The van der Waals surface area contributed by atoms with Gasteiger partial charge in [-0.2, -0.15) is 0 Å². The Bertz CT molecular complexity index is 1150. The summed E-state index contributed by atoms with van der Waals surface area (Å²) in [5.74, 6) is 2.12. The van der Waals surface area contributed by atoms with Crippen LogP contribution in [0.2, 0.25) is 5.02 Å². The van der Waals surface area contributed by atoms with E-state index in [0.717, 1.165) is 54.5 Å². The second kappa shape index (κ2) is 7.84. The summed E-state index contributed by atoms with van der Waals surface area (Å²) in [5.41, 5.74) is 2.87. The van der Waals surface area contributed by atoms with Crippen molar-refractivity contribution in [3.8, 4) is 11.5 Å². The summed E-state index contributed by atoms with van der Waals surface area (Å²) < 4.78 is 6.18. The molecule has 2 aliphatic rings. The molecule has 5 nitrogen and oxygen atoms in total. The van der Waals surface area contributed by atoms with Gasteiger partial charge in [-0.05, 0) is 61.4 Å². The van der Waals surface area contributed by atoms with Crippen LogP contribution in [0.3, 0.4) is 0 Å². The number of hydrogen-bond donors (Lipinski definition) is 1. The van der Waals surface area contributed by atoms with Crippen molar-refractivity contribution in [2.75, 3.05) is 18.4 Å². The number of ether oxygens (including phenoxy) is 1. The number of para-hydroxylation sites is 2. The molecule has 0 bridgehead atoms. The Kier molecular flexibility index (Phi) is 4.89. The molecule has 3 aromatic rings. The normalized spacial score (nSPS) is 14.8. The number of amides is 1. The van der Waals surface area contributed by atoms with Gasteiger partial charge in [0, 0.05) is 29.4 Å². The number of anilines is 1. The summed E-state index contributed by atoms with van der Waals surface area (Å²) in [6, 6.07) is 20.3. The first-order valence-electron chi connectivity index (χ1n) is 9.99. The minimum Gasteiger partial charge on any atom is -0.454 e. The number of fused-ring (bicyclic) bond motifs is 2. The maximum Gasteiger partial charge on any atom is 0.255 e. The average Bonchev–Trinajstić information content (AvgIpc) is 3.23. The molecule has 1 N–H and O–H groups in total. The smallest absolute Gasteiger partial charge is 0.255 e. The van der Waals surface area contributed by atoms with E-state index in [9.17, 15) is 4.79 Å². The quantitative estimate of drug-likeness (QED) is 0.567. The van der Waals surface area contributed by atoms with E-state index in [2.05, 4.69) is 10.2 Å². The van der Waals surface area contributed by atoms with E-state index >= 15 is 0 Å². The highest BCUT2D eigenvalue weighted by molar-refractivity contribution is 6.31. The number of aliphatic imine (C=N–C) groups is 1. The monoisotopic (exact) mass is 417 g/mol. The summed E-state index contributed by atoms with van der Waals surface area (Å²) in [6.07, 6.45) is 2.28. The molecule has 0 aromatic heterocycles.